The summed E-state index contributed by atoms with van der Waals surface area (Å²) < 4.78 is 0. The number of rotatable bonds is 9. The van der Waals surface area contributed by atoms with Gasteiger partial charge >= 0.3 is 6.03 Å². The lowest BCUT2D eigenvalue weighted by molar-refractivity contribution is 0.241. The molecule has 0 bridgehead atoms. The molecular weight excluding hydrogens is 380 g/mol. The van der Waals surface area contributed by atoms with Crippen molar-refractivity contribution in [1.29, 1.82) is 0 Å². The molecule has 28 heavy (non-hydrogen) atoms. The van der Waals surface area contributed by atoms with Crippen molar-refractivity contribution in [3.8, 4) is 0 Å². The quantitative estimate of drug-likeness (QED) is 0.350. The highest BCUT2D eigenvalue weighted by Crippen LogP contribution is 2.28. The number of benzene rings is 1. The lowest BCUT2D eigenvalue weighted by Gasteiger charge is -2.09. The third kappa shape index (κ3) is 5.23. The summed E-state index contributed by atoms with van der Waals surface area (Å²) in [7, 11) is 0. The number of aromatic nitrogens is 4. The molecule has 0 fully saturated rings. The molecule has 0 aliphatic rings. The minimum absolute atomic E-state index is 0.136. The Hall–Kier alpha value is -3.07. The zero-order chi connectivity index (χ0) is 19.8. The van der Waals surface area contributed by atoms with E-state index in [-0.39, 0.29) is 6.03 Å². The lowest BCUT2D eigenvalue weighted by atomic mass is 10.3. The molecule has 10 heteroatoms. The summed E-state index contributed by atoms with van der Waals surface area (Å²) >= 11 is 6.05. The number of hydrogen-bond donors (Lipinski definition) is 5. The van der Waals surface area contributed by atoms with E-state index in [1.54, 1.807) is 0 Å². The minimum Gasteiger partial charge on any atom is -0.368 e. The van der Waals surface area contributed by atoms with Crippen molar-refractivity contribution in [2.75, 3.05) is 30.3 Å². The van der Waals surface area contributed by atoms with Gasteiger partial charge in [0.15, 0.2) is 11.5 Å². The van der Waals surface area contributed by atoms with Crippen molar-refractivity contribution < 1.29 is 4.79 Å². The summed E-state index contributed by atoms with van der Waals surface area (Å²) in [6.07, 6.45) is 3.21. The number of urea groups is 1. The predicted octanol–water partition coefficient (Wildman–Crippen LogP) is 3.26. The Labute approximate surface area is 167 Å². The molecule has 1 aromatic carbocycles. The number of H-pyrrole nitrogens is 1. The summed E-state index contributed by atoms with van der Waals surface area (Å²) in [5.74, 6) is 1.32. The first-order chi connectivity index (χ1) is 13.7. The number of fused-ring (bicyclic) bond motifs is 1. The van der Waals surface area contributed by atoms with Crippen LogP contribution in [-0.2, 0) is 0 Å². The second kappa shape index (κ2) is 9.75. The van der Waals surface area contributed by atoms with Crippen molar-refractivity contribution in [1.82, 2.24) is 30.8 Å². The number of aromatic amines is 1. The maximum atomic E-state index is 11.3. The minimum atomic E-state index is -0.136. The molecule has 0 saturated carbocycles. The molecule has 0 spiro atoms. The van der Waals surface area contributed by atoms with E-state index in [2.05, 4.69) is 41.4 Å². The van der Waals surface area contributed by atoms with E-state index in [9.17, 15) is 4.79 Å². The fourth-order valence-corrected chi connectivity index (χ4v) is 2.86. The van der Waals surface area contributed by atoms with Gasteiger partial charge in [-0.3, -0.25) is 5.10 Å². The normalized spacial score (nSPS) is 10.6. The van der Waals surface area contributed by atoms with Crippen LogP contribution in [0.3, 0.4) is 0 Å². The number of carbonyl (C=O) groups excluding carboxylic acids is 1. The largest absolute Gasteiger partial charge is 0.368 e. The fraction of sp³-hybridized carbons (Fsp3) is 0.333. The summed E-state index contributed by atoms with van der Waals surface area (Å²) in [4.78, 5) is 19.9. The van der Waals surface area contributed by atoms with Gasteiger partial charge in [0.1, 0.15) is 17.5 Å². The lowest BCUT2D eigenvalue weighted by Crippen LogP contribution is -2.35. The number of amides is 2. The van der Waals surface area contributed by atoms with Crippen LogP contribution in [0.1, 0.15) is 19.8 Å². The topological polar surface area (TPSA) is 120 Å². The Kier molecular flexibility index (Phi) is 6.85. The fourth-order valence-electron chi connectivity index (χ4n) is 2.67. The molecule has 2 amide bonds. The number of nitrogens with one attached hydrogen (secondary N) is 5. The first-order valence-corrected chi connectivity index (χ1v) is 9.52. The standard InChI is InChI=1S/C18H23ClN8O/c1-2-20-18(28)22-9-4-3-8-21-16-14-15(23-11-24-17(14)27-26-16)25-13-7-5-6-12(19)10-13/h5-7,10-11H,2-4,8-9H2,1H3,(H2,20,22,28)(H3,21,23,24,25,26,27). The second-order valence-corrected chi connectivity index (χ2v) is 6.51. The van der Waals surface area contributed by atoms with Gasteiger partial charge in [-0.25, -0.2) is 14.8 Å². The molecular formula is C18H23ClN8O. The summed E-state index contributed by atoms with van der Waals surface area (Å²) in [5.41, 5.74) is 1.47. The second-order valence-electron chi connectivity index (χ2n) is 6.07. The van der Waals surface area contributed by atoms with Crippen LogP contribution in [0.5, 0.6) is 0 Å². The number of hydrogen-bond acceptors (Lipinski definition) is 6. The summed E-state index contributed by atoms with van der Waals surface area (Å²) in [5, 5.41) is 20.7. The number of halogens is 1. The van der Waals surface area contributed by atoms with Gasteiger partial charge in [-0.05, 0) is 38.0 Å². The Morgan fingerprint density at radius 2 is 2.00 bits per heavy atom. The molecule has 0 unspecified atom stereocenters. The molecule has 2 aromatic heterocycles. The van der Waals surface area contributed by atoms with E-state index in [0.717, 1.165) is 23.9 Å². The Morgan fingerprint density at radius 3 is 2.82 bits per heavy atom. The first kappa shape index (κ1) is 19.7. The average Bonchev–Trinajstić information content (AvgIpc) is 3.09. The number of anilines is 3. The van der Waals surface area contributed by atoms with Crippen molar-refractivity contribution >= 4 is 46.0 Å². The van der Waals surface area contributed by atoms with Gasteiger partial charge in [0, 0.05) is 30.3 Å². The molecule has 0 atom stereocenters. The van der Waals surface area contributed by atoms with Crippen LogP contribution < -0.4 is 21.3 Å². The third-order valence-corrected chi connectivity index (χ3v) is 4.20. The molecule has 3 rings (SSSR count). The van der Waals surface area contributed by atoms with Crippen LogP contribution in [0.2, 0.25) is 5.02 Å². The predicted molar refractivity (Wildman–Crippen MR) is 111 cm³/mol. The maximum Gasteiger partial charge on any atom is 0.314 e. The maximum absolute atomic E-state index is 11.3. The van der Waals surface area contributed by atoms with Crippen molar-refractivity contribution in [2.24, 2.45) is 0 Å². The summed E-state index contributed by atoms with van der Waals surface area (Å²) in [6.45, 7) is 3.84. The zero-order valence-corrected chi connectivity index (χ0v) is 16.3. The molecule has 148 valence electrons. The van der Waals surface area contributed by atoms with Crippen LogP contribution in [0.4, 0.5) is 22.1 Å². The van der Waals surface area contributed by atoms with Crippen LogP contribution >= 0.6 is 11.6 Å². The average molecular weight is 403 g/mol. The molecule has 0 aliphatic carbocycles. The molecule has 0 aliphatic heterocycles. The van der Waals surface area contributed by atoms with Gasteiger partial charge < -0.3 is 21.3 Å². The van der Waals surface area contributed by atoms with Crippen molar-refractivity contribution in [3.63, 3.8) is 0 Å². The van der Waals surface area contributed by atoms with Gasteiger partial charge in [0.05, 0.1) is 0 Å². The zero-order valence-electron chi connectivity index (χ0n) is 15.6. The van der Waals surface area contributed by atoms with Gasteiger partial charge in [-0.1, -0.05) is 17.7 Å². The molecule has 5 N–H and O–H groups in total. The van der Waals surface area contributed by atoms with E-state index < -0.39 is 0 Å². The number of nitrogens with zero attached hydrogens (tertiary/aromatic N) is 3. The smallest absolute Gasteiger partial charge is 0.314 e. The Bertz CT molecular complexity index is 929. The van der Waals surface area contributed by atoms with Crippen LogP contribution in [0.15, 0.2) is 30.6 Å². The highest BCUT2D eigenvalue weighted by atomic mass is 35.5. The third-order valence-electron chi connectivity index (χ3n) is 3.96. The van der Waals surface area contributed by atoms with Gasteiger partial charge in [-0.15, -0.1) is 0 Å². The molecule has 0 saturated heterocycles. The molecule has 9 nitrogen and oxygen atoms in total. The van der Waals surface area contributed by atoms with Gasteiger partial charge in [-0.2, -0.15) is 5.10 Å². The molecule has 0 radical (unpaired) electrons. The first-order valence-electron chi connectivity index (χ1n) is 9.14. The van der Waals surface area contributed by atoms with Gasteiger partial charge in [0.2, 0.25) is 0 Å². The molecule has 3 aromatic rings. The highest BCUT2D eigenvalue weighted by molar-refractivity contribution is 6.30. The van der Waals surface area contributed by atoms with E-state index >= 15 is 0 Å². The Balaban J connectivity index is 1.59. The number of carbonyl (C=O) groups is 1. The number of unbranched alkanes of at least 4 members (excludes halogenated alkanes) is 1. The molecule has 2 heterocycles. The van der Waals surface area contributed by atoms with Crippen LogP contribution in [-0.4, -0.2) is 45.8 Å². The van der Waals surface area contributed by atoms with E-state index in [0.29, 0.717) is 41.9 Å². The van der Waals surface area contributed by atoms with Crippen molar-refractivity contribution in [2.45, 2.75) is 19.8 Å². The monoisotopic (exact) mass is 402 g/mol. The summed E-state index contributed by atoms with van der Waals surface area (Å²) in [6, 6.07) is 7.28. The SMILES string of the molecule is CCNC(=O)NCCCCNc1n[nH]c2ncnc(Nc3cccc(Cl)c3)c12. The van der Waals surface area contributed by atoms with Gasteiger partial charge in [0.25, 0.3) is 0 Å². The van der Waals surface area contributed by atoms with Crippen LogP contribution in [0.25, 0.3) is 11.0 Å². The van der Waals surface area contributed by atoms with E-state index in [1.165, 1.54) is 6.33 Å². The van der Waals surface area contributed by atoms with Crippen molar-refractivity contribution in [3.05, 3.63) is 35.6 Å². The van der Waals surface area contributed by atoms with Crippen LogP contribution in [0, 0.1) is 0 Å². The van der Waals surface area contributed by atoms with E-state index in [4.69, 9.17) is 11.6 Å². The Morgan fingerprint density at radius 1 is 1.14 bits per heavy atom. The van der Waals surface area contributed by atoms with E-state index in [1.807, 2.05) is 31.2 Å². The highest BCUT2D eigenvalue weighted by Gasteiger charge is 2.13.